The van der Waals surface area contributed by atoms with E-state index in [1.165, 1.54) is 18.2 Å². The number of nitrogens with one attached hydrogen (secondary N) is 2. The molecule has 2 aromatic rings. The Morgan fingerprint density at radius 1 is 1.15 bits per heavy atom. The Kier molecular flexibility index (Phi) is 4.81. The summed E-state index contributed by atoms with van der Waals surface area (Å²) in [6.07, 6.45) is 0. The fourth-order valence-corrected chi connectivity index (χ4v) is 1.98. The summed E-state index contributed by atoms with van der Waals surface area (Å²) in [6, 6.07) is 12.7. The highest BCUT2D eigenvalue weighted by Gasteiger charge is 2.08. The molecule has 2 rings (SSSR count). The topological polar surface area (TPSA) is 41.1 Å². The fourth-order valence-electron chi connectivity index (χ4n) is 1.50. The molecule has 0 saturated heterocycles. The Balaban J connectivity index is 1.97. The molecule has 0 radical (unpaired) electrons. The minimum Gasteiger partial charge on any atom is -0.332 e. The second kappa shape index (κ2) is 6.58. The molecule has 0 saturated carbocycles. The zero-order chi connectivity index (χ0) is 14.5. The zero-order valence-electron chi connectivity index (χ0n) is 10.2. The third kappa shape index (κ3) is 4.11. The van der Waals surface area contributed by atoms with Gasteiger partial charge in [0.05, 0.1) is 0 Å². The van der Waals surface area contributed by atoms with Gasteiger partial charge in [-0.1, -0.05) is 22.0 Å². The van der Waals surface area contributed by atoms with E-state index < -0.39 is 11.7 Å². The quantitative estimate of drug-likeness (QED) is 0.809. The molecule has 0 aliphatic carbocycles. The third-order valence-electron chi connectivity index (χ3n) is 2.42. The van der Waals surface area contributed by atoms with Crippen LogP contribution >= 0.6 is 28.1 Å². The number of thiocarbonyl (C=S) groups is 1. The van der Waals surface area contributed by atoms with Crippen molar-refractivity contribution in [3.05, 3.63) is 64.4 Å². The van der Waals surface area contributed by atoms with Crippen LogP contribution in [0.15, 0.2) is 53.0 Å². The van der Waals surface area contributed by atoms with E-state index in [1.54, 1.807) is 0 Å². The van der Waals surface area contributed by atoms with Crippen LogP contribution in [0.2, 0.25) is 0 Å². The van der Waals surface area contributed by atoms with Gasteiger partial charge in [0.15, 0.2) is 5.11 Å². The summed E-state index contributed by atoms with van der Waals surface area (Å²) in [5, 5.41) is 5.51. The molecule has 0 aromatic heterocycles. The van der Waals surface area contributed by atoms with Gasteiger partial charge in [-0.05, 0) is 54.7 Å². The van der Waals surface area contributed by atoms with Crippen LogP contribution in [0.25, 0.3) is 0 Å². The molecule has 0 bridgehead atoms. The van der Waals surface area contributed by atoms with E-state index in [4.69, 9.17) is 12.2 Å². The van der Waals surface area contributed by atoms with E-state index in [9.17, 15) is 9.18 Å². The molecule has 3 nitrogen and oxygen atoms in total. The lowest BCUT2D eigenvalue weighted by atomic mass is 10.2. The standard InChI is InChI=1S/C14H10BrFN2OS/c15-10-4-6-12(7-5-10)17-14(20)18-13(19)9-2-1-3-11(16)8-9/h1-8H,(H2,17,18,19,20). The third-order valence-corrected chi connectivity index (χ3v) is 3.15. The molecule has 0 aliphatic heterocycles. The zero-order valence-corrected chi connectivity index (χ0v) is 12.6. The molecule has 20 heavy (non-hydrogen) atoms. The van der Waals surface area contributed by atoms with Crippen LogP contribution in [0.3, 0.4) is 0 Å². The van der Waals surface area contributed by atoms with Gasteiger partial charge < -0.3 is 5.32 Å². The van der Waals surface area contributed by atoms with Gasteiger partial charge in [0.1, 0.15) is 5.82 Å². The molecule has 0 atom stereocenters. The van der Waals surface area contributed by atoms with Crippen LogP contribution in [-0.4, -0.2) is 11.0 Å². The van der Waals surface area contributed by atoms with E-state index in [0.717, 1.165) is 16.2 Å². The Morgan fingerprint density at radius 2 is 1.85 bits per heavy atom. The van der Waals surface area contributed by atoms with Crippen molar-refractivity contribution in [2.75, 3.05) is 5.32 Å². The van der Waals surface area contributed by atoms with Crippen molar-refractivity contribution < 1.29 is 9.18 Å². The second-order valence-corrected chi connectivity index (χ2v) is 5.25. The first-order chi connectivity index (χ1) is 9.54. The van der Waals surface area contributed by atoms with Gasteiger partial charge in [-0.15, -0.1) is 0 Å². The fraction of sp³-hybridized carbons (Fsp3) is 0. The molecule has 1 amide bonds. The van der Waals surface area contributed by atoms with Crippen molar-refractivity contribution in [1.29, 1.82) is 0 Å². The van der Waals surface area contributed by atoms with Crippen molar-refractivity contribution in [2.24, 2.45) is 0 Å². The highest BCUT2D eigenvalue weighted by molar-refractivity contribution is 9.10. The predicted molar refractivity (Wildman–Crippen MR) is 84.2 cm³/mol. The maximum Gasteiger partial charge on any atom is 0.257 e. The molecule has 0 unspecified atom stereocenters. The second-order valence-electron chi connectivity index (χ2n) is 3.93. The molecule has 0 heterocycles. The predicted octanol–water partition coefficient (Wildman–Crippen LogP) is 3.72. The first-order valence-corrected chi connectivity index (χ1v) is 6.88. The molecular formula is C14H10BrFN2OS. The molecule has 6 heteroatoms. The lowest BCUT2D eigenvalue weighted by Crippen LogP contribution is -2.34. The van der Waals surface area contributed by atoms with E-state index in [2.05, 4.69) is 26.6 Å². The number of amides is 1. The number of rotatable bonds is 2. The average molecular weight is 353 g/mol. The van der Waals surface area contributed by atoms with Crippen molar-refractivity contribution in [1.82, 2.24) is 5.32 Å². The van der Waals surface area contributed by atoms with Gasteiger partial charge in [0.2, 0.25) is 0 Å². The summed E-state index contributed by atoms with van der Waals surface area (Å²) in [4.78, 5) is 11.8. The van der Waals surface area contributed by atoms with Crippen LogP contribution in [0.5, 0.6) is 0 Å². The lowest BCUT2D eigenvalue weighted by Gasteiger charge is -2.09. The van der Waals surface area contributed by atoms with Gasteiger partial charge in [-0.25, -0.2) is 4.39 Å². The molecule has 102 valence electrons. The maximum absolute atomic E-state index is 13.0. The first kappa shape index (κ1) is 14.6. The normalized spacial score (nSPS) is 9.90. The summed E-state index contributed by atoms with van der Waals surface area (Å²) < 4.78 is 14.0. The van der Waals surface area contributed by atoms with Gasteiger partial charge in [-0.2, -0.15) is 0 Å². The van der Waals surface area contributed by atoms with Crippen LogP contribution in [0.1, 0.15) is 10.4 Å². The van der Waals surface area contributed by atoms with Crippen LogP contribution in [-0.2, 0) is 0 Å². The van der Waals surface area contributed by atoms with Crippen molar-refractivity contribution >= 4 is 44.9 Å². The Bertz CT molecular complexity index is 646. The Labute approximate surface area is 129 Å². The summed E-state index contributed by atoms with van der Waals surface area (Å²) in [6.45, 7) is 0. The van der Waals surface area contributed by atoms with Crippen molar-refractivity contribution in [3.8, 4) is 0 Å². The minimum atomic E-state index is -0.468. The highest BCUT2D eigenvalue weighted by Crippen LogP contribution is 2.14. The van der Waals surface area contributed by atoms with Gasteiger partial charge >= 0.3 is 0 Å². The number of benzene rings is 2. The summed E-state index contributed by atoms with van der Waals surface area (Å²) in [7, 11) is 0. The van der Waals surface area contributed by atoms with E-state index in [1.807, 2.05) is 24.3 Å². The molecular weight excluding hydrogens is 343 g/mol. The summed E-state index contributed by atoms with van der Waals surface area (Å²) in [5.41, 5.74) is 0.961. The Morgan fingerprint density at radius 3 is 2.50 bits per heavy atom. The van der Waals surface area contributed by atoms with E-state index in [-0.39, 0.29) is 10.7 Å². The lowest BCUT2D eigenvalue weighted by molar-refractivity contribution is 0.0977. The largest absolute Gasteiger partial charge is 0.332 e. The molecule has 2 aromatic carbocycles. The number of anilines is 1. The summed E-state index contributed by atoms with van der Waals surface area (Å²) >= 11 is 8.35. The van der Waals surface area contributed by atoms with E-state index >= 15 is 0 Å². The monoisotopic (exact) mass is 352 g/mol. The summed E-state index contributed by atoms with van der Waals surface area (Å²) in [5.74, 6) is -0.927. The number of halogens is 2. The van der Waals surface area contributed by atoms with Crippen LogP contribution in [0.4, 0.5) is 10.1 Å². The van der Waals surface area contributed by atoms with Gasteiger partial charge in [0, 0.05) is 15.7 Å². The van der Waals surface area contributed by atoms with Crippen LogP contribution < -0.4 is 10.6 Å². The maximum atomic E-state index is 13.0. The molecule has 2 N–H and O–H groups in total. The molecule has 0 fully saturated rings. The Hall–Kier alpha value is -1.79. The van der Waals surface area contributed by atoms with E-state index in [0.29, 0.717) is 0 Å². The SMILES string of the molecule is O=C(NC(=S)Nc1ccc(Br)cc1)c1cccc(F)c1. The average Bonchev–Trinajstić information content (AvgIpc) is 2.41. The number of carbonyl (C=O) groups is 1. The highest BCUT2D eigenvalue weighted by atomic mass is 79.9. The number of hydrogen-bond acceptors (Lipinski definition) is 2. The number of carbonyl (C=O) groups excluding carboxylic acids is 1. The van der Waals surface area contributed by atoms with Gasteiger partial charge in [-0.3, -0.25) is 10.1 Å². The smallest absolute Gasteiger partial charge is 0.257 e. The minimum absolute atomic E-state index is 0.154. The molecule has 0 aliphatic rings. The van der Waals surface area contributed by atoms with Crippen molar-refractivity contribution in [2.45, 2.75) is 0 Å². The van der Waals surface area contributed by atoms with Gasteiger partial charge in [0.25, 0.3) is 5.91 Å². The number of hydrogen-bond donors (Lipinski definition) is 2. The van der Waals surface area contributed by atoms with Crippen molar-refractivity contribution in [3.63, 3.8) is 0 Å². The van der Waals surface area contributed by atoms with Crippen LogP contribution in [0, 0.1) is 5.82 Å². The first-order valence-electron chi connectivity index (χ1n) is 5.68. The molecule has 0 spiro atoms.